The van der Waals surface area contributed by atoms with Crippen molar-refractivity contribution in [2.24, 2.45) is 0 Å². The van der Waals surface area contributed by atoms with E-state index >= 15 is 0 Å². The summed E-state index contributed by atoms with van der Waals surface area (Å²) < 4.78 is 7.54. The van der Waals surface area contributed by atoms with Gasteiger partial charge in [-0.25, -0.2) is 0 Å². The first-order chi connectivity index (χ1) is 8.74. The van der Waals surface area contributed by atoms with Crippen LogP contribution in [-0.4, -0.2) is 33.8 Å². The van der Waals surface area contributed by atoms with Crippen LogP contribution in [0, 0.1) is 4.84 Å². The van der Waals surface area contributed by atoms with Gasteiger partial charge in [0.05, 0.1) is 18.3 Å². The second-order valence-corrected chi connectivity index (χ2v) is 5.13. The Morgan fingerprint density at radius 3 is 3.06 bits per heavy atom. The summed E-state index contributed by atoms with van der Waals surface area (Å²) in [4.78, 5) is 2.71. The van der Waals surface area contributed by atoms with Gasteiger partial charge in [-0.3, -0.25) is 9.47 Å². The molecule has 1 saturated heterocycles. The molecule has 4 nitrogen and oxygen atoms in total. The van der Waals surface area contributed by atoms with Crippen LogP contribution in [0.15, 0.2) is 28.7 Å². The lowest BCUT2D eigenvalue weighted by Crippen LogP contribution is -2.39. The number of oxazole rings is 1. The first-order valence-corrected chi connectivity index (χ1v) is 6.63. The summed E-state index contributed by atoms with van der Waals surface area (Å²) in [5.74, 6) is 0. The normalized spacial score (nSPS) is 21.5. The lowest BCUT2D eigenvalue weighted by Gasteiger charge is -2.29. The van der Waals surface area contributed by atoms with E-state index in [0.29, 0.717) is 18.1 Å². The number of β-amino-alcohol motifs (C(OH)–C–C–N with tert-alkyl or cyclic N) is 1. The third-order valence-corrected chi connectivity index (χ3v) is 3.70. The summed E-state index contributed by atoms with van der Waals surface area (Å²) >= 11 is 5.26. The molecule has 3 rings (SSSR count). The number of benzene rings is 1. The van der Waals surface area contributed by atoms with Crippen molar-refractivity contribution in [3.05, 3.63) is 29.1 Å². The van der Waals surface area contributed by atoms with E-state index in [1.54, 1.807) is 0 Å². The highest BCUT2D eigenvalue weighted by Crippen LogP contribution is 2.19. The van der Waals surface area contributed by atoms with E-state index in [-0.39, 0.29) is 6.10 Å². The third kappa shape index (κ3) is 2.21. The second kappa shape index (κ2) is 4.84. The van der Waals surface area contributed by atoms with Crippen LogP contribution >= 0.6 is 12.2 Å². The minimum absolute atomic E-state index is 0.217. The van der Waals surface area contributed by atoms with Crippen molar-refractivity contribution in [1.29, 1.82) is 0 Å². The molecule has 1 fully saturated rings. The molecule has 1 N–H and O–H groups in total. The maximum absolute atomic E-state index is 9.69. The van der Waals surface area contributed by atoms with E-state index in [1.807, 2.05) is 28.8 Å². The molecule has 1 atom stereocenters. The average molecular weight is 264 g/mol. The predicted molar refractivity (Wildman–Crippen MR) is 71.9 cm³/mol. The van der Waals surface area contributed by atoms with Gasteiger partial charge in [0.2, 0.25) is 0 Å². The summed E-state index contributed by atoms with van der Waals surface area (Å²) in [6, 6.07) is 7.85. The number of para-hydroxylation sites is 2. The predicted octanol–water partition coefficient (Wildman–Crippen LogP) is 2.38. The number of hydrogen-bond donors (Lipinski definition) is 1. The van der Waals surface area contributed by atoms with Gasteiger partial charge in [-0.2, -0.15) is 0 Å². The zero-order chi connectivity index (χ0) is 12.5. The molecule has 0 unspecified atom stereocenters. The monoisotopic (exact) mass is 264 g/mol. The quantitative estimate of drug-likeness (QED) is 0.846. The molecule has 0 amide bonds. The zero-order valence-electron chi connectivity index (χ0n) is 10.1. The molecular formula is C13H16N2O2S. The van der Waals surface area contributed by atoms with E-state index in [0.717, 1.165) is 30.5 Å². The van der Waals surface area contributed by atoms with E-state index in [2.05, 4.69) is 4.90 Å². The number of aromatic nitrogens is 1. The van der Waals surface area contributed by atoms with Crippen LogP contribution in [0.25, 0.3) is 11.1 Å². The van der Waals surface area contributed by atoms with Crippen LogP contribution < -0.4 is 0 Å². The fourth-order valence-electron chi connectivity index (χ4n) is 2.51. The lowest BCUT2D eigenvalue weighted by molar-refractivity contribution is 0.0542. The van der Waals surface area contributed by atoms with Gasteiger partial charge < -0.3 is 9.52 Å². The zero-order valence-corrected chi connectivity index (χ0v) is 10.9. The number of aliphatic hydroxyl groups excluding tert-OH is 1. The molecule has 2 heterocycles. The Morgan fingerprint density at radius 2 is 2.22 bits per heavy atom. The molecule has 0 aliphatic carbocycles. The van der Waals surface area contributed by atoms with Crippen LogP contribution in [0.5, 0.6) is 0 Å². The molecule has 18 heavy (non-hydrogen) atoms. The van der Waals surface area contributed by atoms with Crippen LogP contribution in [-0.2, 0) is 6.67 Å². The maximum atomic E-state index is 9.69. The molecule has 1 aliphatic rings. The summed E-state index contributed by atoms with van der Waals surface area (Å²) in [6.07, 6.45) is 1.71. The molecule has 1 aromatic heterocycles. The Balaban J connectivity index is 1.90. The van der Waals surface area contributed by atoms with Crippen LogP contribution in [0.1, 0.15) is 12.8 Å². The van der Waals surface area contributed by atoms with E-state index in [1.165, 1.54) is 0 Å². The topological polar surface area (TPSA) is 41.5 Å². The Hall–Kier alpha value is -1.17. The molecule has 1 aliphatic heterocycles. The van der Waals surface area contributed by atoms with Gasteiger partial charge in [0.1, 0.15) is 0 Å². The van der Waals surface area contributed by atoms with Gasteiger partial charge in [0, 0.05) is 13.1 Å². The van der Waals surface area contributed by atoms with Gasteiger partial charge in [0.25, 0.3) is 4.84 Å². The van der Waals surface area contributed by atoms with Crippen LogP contribution in [0.3, 0.4) is 0 Å². The lowest BCUT2D eigenvalue weighted by atomic mass is 10.1. The van der Waals surface area contributed by atoms with Crippen molar-refractivity contribution in [3.8, 4) is 0 Å². The summed E-state index contributed by atoms with van der Waals surface area (Å²) in [5.41, 5.74) is 1.84. The molecule has 0 saturated carbocycles. The van der Waals surface area contributed by atoms with Crippen LogP contribution in [0.2, 0.25) is 0 Å². The van der Waals surface area contributed by atoms with Crippen molar-refractivity contribution in [3.63, 3.8) is 0 Å². The maximum Gasteiger partial charge on any atom is 0.270 e. The van der Waals surface area contributed by atoms with Gasteiger partial charge in [-0.1, -0.05) is 12.1 Å². The number of piperidine rings is 1. The number of hydrogen-bond acceptors (Lipinski definition) is 4. The van der Waals surface area contributed by atoms with Crippen molar-refractivity contribution in [2.75, 3.05) is 13.1 Å². The molecule has 0 radical (unpaired) electrons. The Labute approximate surface area is 110 Å². The first-order valence-electron chi connectivity index (χ1n) is 6.23. The highest BCUT2D eigenvalue weighted by atomic mass is 32.1. The fourth-order valence-corrected chi connectivity index (χ4v) is 2.75. The molecule has 96 valence electrons. The number of fused-ring (bicyclic) bond motifs is 1. The third-order valence-electron chi connectivity index (χ3n) is 3.40. The number of rotatable bonds is 2. The molecule has 0 bridgehead atoms. The van der Waals surface area contributed by atoms with E-state index in [9.17, 15) is 5.11 Å². The highest BCUT2D eigenvalue weighted by Gasteiger charge is 2.18. The van der Waals surface area contributed by atoms with E-state index in [4.69, 9.17) is 16.6 Å². The Kier molecular flexibility index (Phi) is 3.20. The Morgan fingerprint density at radius 1 is 1.39 bits per heavy atom. The number of likely N-dealkylation sites (tertiary alicyclic amines) is 1. The first kappa shape index (κ1) is 11.9. The van der Waals surface area contributed by atoms with Crippen molar-refractivity contribution in [1.82, 2.24) is 9.47 Å². The number of nitrogens with zero attached hydrogens (tertiary/aromatic N) is 2. The molecule has 5 heteroatoms. The average Bonchev–Trinajstić information content (AvgIpc) is 2.66. The minimum Gasteiger partial charge on any atom is -0.429 e. The molecule has 2 aromatic rings. The second-order valence-electron chi connectivity index (χ2n) is 4.78. The SMILES string of the molecule is O[C@H]1CCCN(Cn2c(=S)oc3ccccc32)C1. The summed E-state index contributed by atoms with van der Waals surface area (Å²) in [5, 5.41) is 9.69. The summed E-state index contributed by atoms with van der Waals surface area (Å²) in [7, 11) is 0. The molecule has 1 aromatic carbocycles. The van der Waals surface area contributed by atoms with Gasteiger partial charge in [-0.05, 0) is 37.2 Å². The van der Waals surface area contributed by atoms with E-state index < -0.39 is 0 Å². The van der Waals surface area contributed by atoms with Crippen molar-refractivity contribution >= 4 is 23.3 Å². The van der Waals surface area contributed by atoms with Crippen LogP contribution in [0.4, 0.5) is 0 Å². The number of aliphatic hydroxyl groups is 1. The van der Waals surface area contributed by atoms with Gasteiger partial charge in [-0.15, -0.1) is 0 Å². The standard InChI is InChI=1S/C13H16N2O2S/c16-10-4-3-7-14(8-10)9-15-11-5-1-2-6-12(11)17-13(15)18/h1-2,5-6,10,16H,3-4,7-9H2/t10-/m0/s1. The largest absolute Gasteiger partial charge is 0.429 e. The van der Waals surface area contributed by atoms with Gasteiger partial charge >= 0.3 is 0 Å². The molecule has 0 spiro atoms. The summed E-state index contributed by atoms with van der Waals surface area (Å²) in [6.45, 7) is 2.40. The molecular weight excluding hydrogens is 248 g/mol. The van der Waals surface area contributed by atoms with Crippen molar-refractivity contribution in [2.45, 2.75) is 25.6 Å². The van der Waals surface area contributed by atoms with Crippen molar-refractivity contribution < 1.29 is 9.52 Å². The Bertz CT molecular complexity index is 604. The fraction of sp³-hybridized carbons (Fsp3) is 0.462. The highest BCUT2D eigenvalue weighted by molar-refractivity contribution is 7.71. The smallest absolute Gasteiger partial charge is 0.270 e. The minimum atomic E-state index is -0.217. The van der Waals surface area contributed by atoms with Gasteiger partial charge in [0.15, 0.2) is 5.58 Å².